The Morgan fingerprint density at radius 3 is 3.58 bits per heavy atom. The lowest BCUT2D eigenvalue weighted by Gasteiger charge is -2.23. The van der Waals surface area contributed by atoms with E-state index in [1.54, 1.807) is 13.4 Å². The second-order valence-electron chi connectivity index (χ2n) is 2.89. The molecule has 0 spiro atoms. The first-order valence-corrected chi connectivity index (χ1v) is 3.99. The lowest BCUT2D eigenvalue weighted by Crippen LogP contribution is -2.42. The van der Waals surface area contributed by atoms with Crippen LogP contribution in [0.2, 0.25) is 0 Å². The minimum Gasteiger partial charge on any atom is -0.383 e. The van der Waals surface area contributed by atoms with Crippen molar-refractivity contribution in [3.63, 3.8) is 0 Å². The van der Waals surface area contributed by atoms with Crippen molar-refractivity contribution in [1.29, 1.82) is 0 Å². The number of hydrogen-bond acceptors (Lipinski definition) is 4. The van der Waals surface area contributed by atoms with Crippen LogP contribution in [0.25, 0.3) is 0 Å². The molecule has 0 fully saturated rings. The number of ether oxygens (including phenoxy) is 1. The van der Waals surface area contributed by atoms with Gasteiger partial charge in [-0.2, -0.15) is 5.10 Å². The van der Waals surface area contributed by atoms with E-state index in [2.05, 4.69) is 15.4 Å². The van der Waals surface area contributed by atoms with E-state index in [9.17, 15) is 0 Å². The molecular formula is C7H12N4O. The standard InChI is InChI=1S/C7H12N4O/c1-12-4-6-3-11-7(2-8-6)9-5-10-11/h5-6,8H,2-4H2,1H3. The quantitative estimate of drug-likeness (QED) is 0.640. The Bertz CT molecular complexity index is 260. The van der Waals surface area contributed by atoms with Crippen LogP contribution < -0.4 is 5.32 Å². The van der Waals surface area contributed by atoms with Gasteiger partial charge in [0.2, 0.25) is 0 Å². The van der Waals surface area contributed by atoms with Crippen LogP contribution in [0.4, 0.5) is 0 Å². The van der Waals surface area contributed by atoms with Gasteiger partial charge in [0, 0.05) is 7.11 Å². The molecule has 0 radical (unpaired) electrons. The maximum Gasteiger partial charge on any atom is 0.140 e. The van der Waals surface area contributed by atoms with E-state index in [1.165, 1.54) is 0 Å². The van der Waals surface area contributed by atoms with E-state index in [0.29, 0.717) is 6.04 Å². The van der Waals surface area contributed by atoms with Gasteiger partial charge in [-0.1, -0.05) is 0 Å². The summed E-state index contributed by atoms with van der Waals surface area (Å²) in [4.78, 5) is 4.10. The molecule has 12 heavy (non-hydrogen) atoms. The molecule has 5 nitrogen and oxygen atoms in total. The fourth-order valence-corrected chi connectivity index (χ4v) is 1.40. The Hall–Kier alpha value is -0.940. The van der Waals surface area contributed by atoms with Crippen LogP contribution in [-0.4, -0.2) is 34.5 Å². The van der Waals surface area contributed by atoms with Crippen LogP contribution in [0.15, 0.2) is 6.33 Å². The zero-order valence-corrected chi connectivity index (χ0v) is 7.03. The van der Waals surface area contributed by atoms with Gasteiger partial charge in [0.1, 0.15) is 12.2 Å². The molecule has 2 rings (SSSR count). The van der Waals surface area contributed by atoms with Gasteiger partial charge < -0.3 is 10.1 Å². The van der Waals surface area contributed by atoms with E-state index in [1.807, 2.05) is 4.68 Å². The lowest BCUT2D eigenvalue weighted by atomic mass is 10.2. The highest BCUT2D eigenvalue weighted by Gasteiger charge is 2.18. The molecule has 1 atom stereocenters. The first kappa shape index (κ1) is 7.70. The smallest absolute Gasteiger partial charge is 0.140 e. The molecule has 0 saturated heterocycles. The largest absolute Gasteiger partial charge is 0.383 e. The molecule has 0 aromatic carbocycles. The Morgan fingerprint density at radius 2 is 2.75 bits per heavy atom. The number of hydrogen-bond donors (Lipinski definition) is 1. The Kier molecular flexibility index (Phi) is 2.05. The summed E-state index contributed by atoms with van der Waals surface area (Å²) in [5.74, 6) is 1.00. The maximum atomic E-state index is 5.05. The van der Waals surface area contributed by atoms with Gasteiger partial charge in [0.05, 0.1) is 25.7 Å². The van der Waals surface area contributed by atoms with Gasteiger partial charge in [-0.15, -0.1) is 0 Å². The molecule has 5 heteroatoms. The van der Waals surface area contributed by atoms with Gasteiger partial charge in [0.25, 0.3) is 0 Å². The van der Waals surface area contributed by atoms with E-state index in [-0.39, 0.29) is 0 Å². The molecule has 0 bridgehead atoms. The molecule has 1 aliphatic rings. The highest BCUT2D eigenvalue weighted by Crippen LogP contribution is 2.03. The van der Waals surface area contributed by atoms with E-state index >= 15 is 0 Å². The predicted molar refractivity (Wildman–Crippen MR) is 42.5 cm³/mol. The number of nitrogens with zero attached hydrogens (tertiary/aromatic N) is 3. The van der Waals surface area contributed by atoms with Crippen molar-refractivity contribution in [2.75, 3.05) is 13.7 Å². The average molecular weight is 168 g/mol. The summed E-state index contributed by atoms with van der Waals surface area (Å²) in [6.07, 6.45) is 1.59. The van der Waals surface area contributed by atoms with Crippen molar-refractivity contribution in [3.05, 3.63) is 12.2 Å². The molecule has 0 aliphatic carbocycles. The Morgan fingerprint density at radius 1 is 1.83 bits per heavy atom. The highest BCUT2D eigenvalue weighted by atomic mass is 16.5. The van der Waals surface area contributed by atoms with Crippen molar-refractivity contribution < 1.29 is 4.74 Å². The average Bonchev–Trinajstić information content (AvgIpc) is 2.51. The lowest BCUT2D eigenvalue weighted by molar-refractivity contribution is 0.148. The number of nitrogens with one attached hydrogen (secondary N) is 1. The van der Waals surface area contributed by atoms with Gasteiger partial charge in [-0.05, 0) is 0 Å². The summed E-state index contributed by atoms with van der Waals surface area (Å²) in [5.41, 5.74) is 0. The van der Waals surface area contributed by atoms with Crippen molar-refractivity contribution in [1.82, 2.24) is 20.1 Å². The molecule has 0 saturated carbocycles. The predicted octanol–water partition coefficient (Wildman–Crippen LogP) is -0.604. The third-order valence-electron chi connectivity index (χ3n) is 2.01. The first-order chi connectivity index (χ1) is 5.90. The second-order valence-corrected chi connectivity index (χ2v) is 2.89. The van der Waals surface area contributed by atoms with Crippen molar-refractivity contribution in [2.45, 2.75) is 19.1 Å². The number of rotatable bonds is 2. The second kappa shape index (κ2) is 3.20. The van der Waals surface area contributed by atoms with E-state index < -0.39 is 0 Å². The fourth-order valence-electron chi connectivity index (χ4n) is 1.40. The van der Waals surface area contributed by atoms with Gasteiger partial charge >= 0.3 is 0 Å². The van der Waals surface area contributed by atoms with Crippen LogP contribution in [0, 0.1) is 0 Å². The van der Waals surface area contributed by atoms with Gasteiger partial charge in [-0.25, -0.2) is 9.67 Å². The molecular weight excluding hydrogens is 156 g/mol. The number of fused-ring (bicyclic) bond motifs is 1. The van der Waals surface area contributed by atoms with Crippen molar-refractivity contribution in [3.8, 4) is 0 Å². The van der Waals surface area contributed by atoms with Crippen LogP contribution in [0.1, 0.15) is 5.82 Å². The third-order valence-corrected chi connectivity index (χ3v) is 2.01. The minimum absolute atomic E-state index is 0.365. The number of aromatic nitrogens is 3. The Labute approximate surface area is 70.7 Å². The van der Waals surface area contributed by atoms with E-state index in [4.69, 9.17) is 4.74 Å². The third kappa shape index (κ3) is 1.33. The molecule has 1 aromatic rings. The van der Waals surface area contributed by atoms with Gasteiger partial charge in [0.15, 0.2) is 0 Å². The summed E-state index contributed by atoms with van der Waals surface area (Å²) >= 11 is 0. The van der Waals surface area contributed by atoms with Gasteiger partial charge in [-0.3, -0.25) is 0 Å². The molecule has 1 aromatic heterocycles. The zero-order chi connectivity index (χ0) is 8.39. The minimum atomic E-state index is 0.365. The summed E-state index contributed by atoms with van der Waals surface area (Å²) in [5, 5.41) is 7.41. The number of methoxy groups -OCH3 is 1. The monoisotopic (exact) mass is 168 g/mol. The normalized spacial score (nSPS) is 22.2. The van der Waals surface area contributed by atoms with Crippen molar-refractivity contribution >= 4 is 0 Å². The molecule has 2 heterocycles. The van der Waals surface area contributed by atoms with E-state index in [0.717, 1.165) is 25.5 Å². The molecule has 1 unspecified atom stereocenters. The summed E-state index contributed by atoms with van der Waals surface area (Å²) in [7, 11) is 1.71. The summed E-state index contributed by atoms with van der Waals surface area (Å²) in [6.45, 7) is 2.36. The Balaban J connectivity index is 2.05. The summed E-state index contributed by atoms with van der Waals surface area (Å²) in [6, 6.07) is 0.365. The zero-order valence-electron chi connectivity index (χ0n) is 7.03. The molecule has 66 valence electrons. The highest BCUT2D eigenvalue weighted by molar-refractivity contribution is 4.90. The topological polar surface area (TPSA) is 52.0 Å². The van der Waals surface area contributed by atoms with Crippen LogP contribution in [0.3, 0.4) is 0 Å². The maximum absolute atomic E-state index is 5.05. The van der Waals surface area contributed by atoms with Crippen LogP contribution >= 0.6 is 0 Å². The van der Waals surface area contributed by atoms with Crippen molar-refractivity contribution in [2.24, 2.45) is 0 Å². The van der Waals surface area contributed by atoms with Crippen LogP contribution in [-0.2, 0) is 17.8 Å². The first-order valence-electron chi connectivity index (χ1n) is 3.99. The molecule has 1 N–H and O–H groups in total. The molecule has 1 aliphatic heterocycles. The molecule has 0 amide bonds. The van der Waals surface area contributed by atoms with Crippen LogP contribution in [0.5, 0.6) is 0 Å². The summed E-state index contributed by atoms with van der Waals surface area (Å²) < 4.78 is 6.97. The fraction of sp³-hybridized carbons (Fsp3) is 0.714. The SMILES string of the molecule is COCC1Cn2ncnc2CN1.